The Hall–Kier alpha value is -2.28. The fraction of sp³-hybridized carbons (Fsp3) is 0.393. The van der Waals surface area contributed by atoms with Gasteiger partial charge in [-0.15, -0.1) is 0 Å². The minimum Gasteiger partial charge on any atom is -0.385 e. The van der Waals surface area contributed by atoms with Crippen LogP contribution in [0.1, 0.15) is 55.3 Å². The minimum atomic E-state index is -0.854. The van der Waals surface area contributed by atoms with Crippen molar-refractivity contribution in [3.63, 3.8) is 0 Å². The molecule has 0 radical (unpaired) electrons. The van der Waals surface area contributed by atoms with E-state index in [-0.39, 0.29) is 11.9 Å². The van der Waals surface area contributed by atoms with Gasteiger partial charge >= 0.3 is 0 Å². The topological polar surface area (TPSA) is 47.3 Å². The van der Waals surface area contributed by atoms with Crippen molar-refractivity contribution in [3.05, 3.63) is 75.6 Å². The number of halogens is 2. The number of rotatable bonds is 4. The molecule has 2 atom stereocenters. The zero-order chi connectivity index (χ0) is 23.4. The third kappa shape index (κ3) is 3.58. The predicted octanol–water partition coefficient (Wildman–Crippen LogP) is 6.65. The molecule has 1 aliphatic heterocycles. The Labute approximate surface area is 206 Å². The molecule has 4 nitrogen and oxygen atoms in total. The van der Waals surface area contributed by atoms with Crippen LogP contribution in [0.25, 0.3) is 21.9 Å². The summed E-state index contributed by atoms with van der Waals surface area (Å²) in [6.45, 7) is 3.41. The number of nitrogens with zero attached hydrogens (tertiary/aromatic N) is 2. The summed E-state index contributed by atoms with van der Waals surface area (Å²) in [4.78, 5) is 4.79. The van der Waals surface area contributed by atoms with E-state index >= 15 is 4.39 Å². The van der Waals surface area contributed by atoms with E-state index in [2.05, 4.69) is 38.7 Å². The molecule has 1 saturated heterocycles. The van der Waals surface area contributed by atoms with Gasteiger partial charge in [0.05, 0.1) is 28.2 Å². The number of fused-ring (bicyclic) bond motifs is 5. The van der Waals surface area contributed by atoms with Gasteiger partial charge in [0.15, 0.2) is 0 Å². The third-order valence-corrected chi connectivity index (χ3v) is 8.22. The molecule has 2 aromatic heterocycles. The molecule has 4 aromatic rings. The van der Waals surface area contributed by atoms with Crippen molar-refractivity contribution in [2.24, 2.45) is 5.92 Å². The smallest absolute Gasteiger partial charge is 0.128 e. The quantitative estimate of drug-likeness (QED) is 0.326. The van der Waals surface area contributed by atoms with Gasteiger partial charge in [0, 0.05) is 34.8 Å². The molecule has 6 rings (SSSR count). The lowest BCUT2D eigenvalue weighted by atomic mass is 9.88. The Morgan fingerprint density at radius 2 is 2.03 bits per heavy atom. The first kappa shape index (κ1) is 22.2. The maximum Gasteiger partial charge on any atom is 0.128 e. The van der Waals surface area contributed by atoms with Gasteiger partial charge in [-0.05, 0) is 84.1 Å². The minimum absolute atomic E-state index is 0.183. The second kappa shape index (κ2) is 8.43. The van der Waals surface area contributed by atoms with Gasteiger partial charge in [-0.3, -0.25) is 4.98 Å². The Kier molecular flexibility index (Phi) is 5.51. The zero-order valence-corrected chi connectivity index (χ0v) is 20.8. The highest BCUT2D eigenvalue weighted by molar-refractivity contribution is 9.10. The Balaban J connectivity index is 1.67. The van der Waals surface area contributed by atoms with Gasteiger partial charge in [0.1, 0.15) is 5.82 Å². The molecule has 6 heteroatoms. The number of aromatic nitrogens is 2. The Bertz CT molecular complexity index is 1390. The van der Waals surface area contributed by atoms with Crippen LogP contribution < -0.4 is 0 Å². The highest BCUT2D eigenvalue weighted by Gasteiger charge is 2.36. The van der Waals surface area contributed by atoms with Crippen molar-refractivity contribution in [2.45, 2.75) is 50.7 Å². The summed E-state index contributed by atoms with van der Waals surface area (Å²) < 4.78 is 24.2. The molecule has 176 valence electrons. The van der Waals surface area contributed by atoms with Crippen molar-refractivity contribution in [1.82, 2.24) is 9.55 Å². The second-order valence-electron chi connectivity index (χ2n) is 9.98. The van der Waals surface area contributed by atoms with Crippen LogP contribution in [0, 0.1) is 11.7 Å². The van der Waals surface area contributed by atoms with Gasteiger partial charge in [-0.25, -0.2) is 4.39 Å². The lowest BCUT2D eigenvalue weighted by molar-refractivity contribution is 0.0594. The van der Waals surface area contributed by atoms with Gasteiger partial charge in [-0.1, -0.05) is 30.3 Å². The molecular weight excluding hydrogens is 495 g/mol. The van der Waals surface area contributed by atoms with Crippen LogP contribution in [0.3, 0.4) is 0 Å². The number of benzene rings is 2. The number of pyridine rings is 1. The molecular formula is C28H28BrFN2O2. The van der Waals surface area contributed by atoms with Crippen molar-refractivity contribution in [3.8, 4) is 0 Å². The molecule has 0 saturated carbocycles. The van der Waals surface area contributed by atoms with E-state index in [1.807, 2.05) is 25.3 Å². The molecule has 3 heterocycles. The SMILES string of the molecule is CC1(O)CCc2c1ccc1c3ncc(Br)cc3n(C(CC3CCOCC3)c3ccccc3F)c21. The largest absolute Gasteiger partial charge is 0.385 e. The van der Waals surface area contributed by atoms with Crippen LogP contribution >= 0.6 is 15.9 Å². The van der Waals surface area contributed by atoms with Crippen LogP contribution in [0.4, 0.5) is 4.39 Å². The molecule has 1 fully saturated rings. The number of hydrogen-bond donors (Lipinski definition) is 1. The summed E-state index contributed by atoms with van der Waals surface area (Å²) in [5, 5.41) is 12.1. The van der Waals surface area contributed by atoms with E-state index in [1.54, 1.807) is 12.1 Å². The van der Waals surface area contributed by atoms with Crippen molar-refractivity contribution < 1.29 is 14.2 Å². The Morgan fingerprint density at radius 1 is 1.24 bits per heavy atom. The molecule has 0 spiro atoms. The number of aliphatic hydroxyl groups is 1. The lowest BCUT2D eigenvalue weighted by Crippen LogP contribution is -2.22. The van der Waals surface area contributed by atoms with Crippen molar-refractivity contribution >= 4 is 37.9 Å². The van der Waals surface area contributed by atoms with Crippen molar-refractivity contribution in [1.29, 1.82) is 0 Å². The first-order valence-corrected chi connectivity index (χ1v) is 12.9. The molecule has 2 unspecified atom stereocenters. The molecule has 1 N–H and O–H groups in total. The molecule has 0 bridgehead atoms. The first-order chi connectivity index (χ1) is 16.4. The van der Waals surface area contributed by atoms with Crippen LogP contribution in [-0.4, -0.2) is 27.9 Å². The summed E-state index contributed by atoms with van der Waals surface area (Å²) in [5.41, 5.74) is 4.97. The summed E-state index contributed by atoms with van der Waals surface area (Å²) in [7, 11) is 0. The van der Waals surface area contributed by atoms with Crippen LogP contribution in [-0.2, 0) is 16.8 Å². The normalized spacial score (nSPS) is 21.9. The zero-order valence-electron chi connectivity index (χ0n) is 19.2. The second-order valence-corrected chi connectivity index (χ2v) is 10.9. The van der Waals surface area contributed by atoms with Gasteiger partial charge in [-0.2, -0.15) is 0 Å². The molecule has 2 aliphatic rings. The van der Waals surface area contributed by atoms with Gasteiger partial charge < -0.3 is 14.4 Å². The summed E-state index contributed by atoms with van der Waals surface area (Å²) in [5.74, 6) is 0.267. The molecule has 2 aromatic carbocycles. The third-order valence-electron chi connectivity index (χ3n) is 7.79. The average molecular weight is 523 g/mol. The number of ether oxygens (including phenoxy) is 1. The highest BCUT2D eigenvalue weighted by atomic mass is 79.9. The average Bonchev–Trinajstić information content (AvgIpc) is 3.32. The van der Waals surface area contributed by atoms with E-state index in [0.717, 1.165) is 76.4 Å². The van der Waals surface area contributed by atoms with E-state index in [1.165, 1.54) is 0 Å². The molecule has 0 amide bonds. The van der Waals surface area contributed by atoms with E-state index in [4.69, 9.17) is 9.72 Å². The first-order valence-electron chi connectivity index (χ1n) is 12.1. The van der Waals surface area contributed by atoms with E-state index in [0.29, 0.717) is 17.9 Å². The van der Waals surface area contributed by atoms with Gasteiger partial charge in [0.25, 0.3) is 0 Å². The van der Waals surface area contributed by atoms with Gasteiger partial charge in [0.2, 0.25) is 0 Å². The summed E-state index contributed by atoms with van der Waals surface area (Å²) in [6.07, 6.45) is 6.10. The van der Waals surface area contributed by atoms with Crippen LogP contribution in [0.15, 0.2) is 53.1 Å². The fourth-order valence-electron chi connectivity index (χ4n) is 6.04. The van der Waals surface area contributed by atoms with E-state index < -0.39 is 5.60 Å². The number of aryl methyl sites for hydroxylation is 1. The Morgan fingerprint density at radius 3 is 2.82 bits per heavy atom. The number of hydrogen-bond acceptors (Lipinski definition) is 3. The predicted molar refractivity (Wildman–Crippen MR) is 136 cm³/mol. The summed E-state index contributed by atoms with van der Waals surface area (Å²) >= 11 is 3.62. The summed E-state index contributed by atoms with van der Waals surface area (Å²) in [6, 6.07) is 13.2. The lowest BCUT2D eigenvalue weighted by Gasteiger charge is -2.30. The fourth-order valence-corrected chi connectivity index (χ4v) is 6.36. The maximum atomic E-state index is 15.4. The van der Waals surface area contributed by atoms with Crippen LogP contribution in [0.2, 0.25) is 0 Å². The highest BCUT2D eigenvalue weighted by Crippen LogP contribution is 2.46. The van der Waals surface area contributed by atoms with Crippen LogP contribution in [0.5, 0.6) is 0 Å². The molecule has 34 heavy (non-hydrogen) atoms. The van der Waals surface area contributed by atoms with Crippen molar-refractivity contribution in [2.75, 3.05) is 13.2 Å². The molecule has 1 aliphatic carbocycles. The van der Waals surface area contributed by atoms with E-state index in [9.17, 15) is 5.11 Å². The maximum absolute atomic E-state index is 15.4. The standard InChI is InChI=1S/C28H28BrFN2O2/c1-28(33)11-8-19-22(28)7-6-21-26-25(15-18(29)16-31-26)32(27(19)21)24(14-17-9-12-34-13-10-17)20-4-2-3-5-23(20)30/h2-7,15-17,24,33H,8-14H2,1H3. The monoisotopic (exact) mass is 522 g/mol.